The standard InChI is InChI=1S/C18H23NO5/c20-16(21)14-11-18(17(22)23)8-4-9-19(18)15(14)7-10-24-12-13-5-2-1-3-6-13/h1-3,5-6,14-15H,4,7-12H2,(H,20,21)(H,22,23)/t14-,15-,18+/m1/s1. The summed E-state index contributed by atoms with van der Waals surface area (Å²) in [6, 6.07) is 9.52. The van der Waals surface area contributed by atoms with Gasteiger partial charge in [0.2, 0.25) is 0 Å². The Labute approximate surface area is 141 Å². The molecule has 0 saturated carbocycles. The highest BCUT2D eigenvalue weighted by Crippen LogP contribution is 2.46. The molecule has 24 heavy (non-hydrogen) atoms. The molecule has 2 saturated heterocycles. The van der Waals surface area contributed by atoms with Gasteiger partial charge in [-0.2, -0.15) is 0 Å². The summed E-state index contributed by atoms with van der Waals surface area (Å²) in [6.45, 7) is 1.56. The van der Waals surface area contributed by atoms with Gasteiger partial charge in [0, 0.05) is 12.6 Å². The van der Waals surface area contributed by atoms with Gasteiger partial charge < -0.3 is 14.9 Å². The van der Waals surface area contributed by atoms with E-state index < -0.39 is 23.4 Å². The van der Waals surface area contributed by atoms with Crippen LogP contribution in [-0.4, -0.2) is 51.8 Å². The maximum atomic E-state index is 11.8. The normalized spacial score (nSPS) is 29.5. The molecule has 130 valence electrons. The second-order valence-corrected chi connectivity index (χ2v) is 6.68. The molecule has 2 heterocycles. The first-order chi connectivity index (χ1) is 11.5. The highest BCUT2D eigenvalue weighted by atomic mass is 16.5. The largest absolute Gasteiger partial charge is 0.481 e. The molecule has 1 aromatic rings. The van der Waals surface area contributed by atoms with Gasteiger partial charge in [-0.1, -0.05) is 30.3 Å². The summed E-state index contributed by atoms with van der Waals surface area (Å²) in [5.74, 6) is -2.43. The van der Waals surface area contributed by atoms with Gasteiger partial charge in [0.05, 0.1) is 12.5 Å². The fourth-order valence-electron chi connectivity index (χ4n) is 4.21. The van der Waals surface area contributed by atoms with E-state index >= 15 is 0 Å². The van der Waals surface area contributed by atoms with Gasteiger partial charge in [-0.3, -0.25) is 14.5 Å². The van der Waals surface area contributed by atoms with E-state index in [-0.39, 0.29) is 12.5 Å². The molecule has 1 aromatic carbocycles. The minimum Gasteiger partial charge on any atom is -0.481 e. The second kappa shape index (κ2) is 6.91. The van der Waals surface area contributed by atoms with Crippen molar-refractivity contribution in [1.29, 1.82) is 0 Å². The van der Waals surface area contributed by atoms with Crippen LogP contribution < -0.4 is 0 Å². The Hall–Kier alpha value is -1.92. The molecule has 3 atom stereocenters. The Morgan fingerprint density at radius 1 is 1.25 bits per heavy atom. The SMILES string of the molecule is O=C(O)[C@@H]1C[C@]2(C(=O)O)CCCN2[C@@H]1CCOCc1ccccc1. The zero-order valence-corrected chi connectivity index (χ0v) is 13.6. The lowest BCUT2D eigenvalue weighted by atomic mass is 9.88. The molecule has 6 nitrogen and oxygen atoms in total. The number of ether oxygens (including phenoxy) is 1. The molecule has 0 unspecified atom stereocenters. The Kier molecular flexibility index (Phi) is 4.87. The maximum absolute atomic E-state index is 11.8. The van der Waals surface area contributed by atoms with Crippen LogP contribution in [0.2, 0.25) is 0 Å². The number of carboxylic acids is 2. The van der Waals surface area contributed by atoms with Crippen molar-refractivity contribution < 1.29 is 24.5 Å². The molecule has 0 aromatic heterocycles. The number of carboxylic acid groups (broad SMARTS) is 2. The zero-order chi connectivity index (χ0) is 17.2. The van der Waals surface area contributed by atoms with E-state index in [1.165, 1.54) is 0 Å². The van der Waals surface area contributed by atoms with Gasteiger partial charge in [0.1, 0.15) is 5.54 Å². The number of rotatable bonds is 7. The Morgan fingerprint density at radius 3 is 2.67 bits per heavy atom. The molecular formula is C18H23NO5. The van der Waals surface area contributed by atoms with Gasteiger partial charge in [-0.05, 0) is 37.8 Å². The fraction of sp³-hybridized carbons (Fsp3) is 0.556. The number of fused-ring (bicyclic) bond motifs is 1. The summed E-state index contributed by atoms with van der Waals surface area (Å²) in [5.41, 5.74) is 0.0763. The van der Waals surface area contributed by atoms with Gasteiger partial charge in [0.25, 0.3) is 0 Å². The lowest BCUT2D eigenvalue weighted by Gasteiger charge is -2.31. The van der Waals surface area contributed by atoms with Crippen molar-refractivity contribution in [2.75, 3.05) is 13.2 Å². The number of nitrogens with zero attached hydrogens (tertiary/aromatic N) is 1. The van der Waals surface area contributed by atoms with E-state index in [9.17, 15) is 19.8 Å². The Bertz CT molecular complexity index is 605. The monoisotopic (exact) mass is 333 g/mol. The van der Waals surface area contributed by atoms with Crippen LogP contribution in [0.25, 0.3) is 0 Å². The van der Waals surface area contributed by atoms with Gasteiger partial charge >= 0.3 is 11.9 Å². The molecule has 2 N–H and O–H groups in total. The Balaban J connectivity index is 1.62. The number of hydrogen-bond donors (Lipinski definition) is 2. The molecule has 0 radical (unpaired) electrons. The molecule has 2 aliphatic rings. The maximum Gasteiger partial charge on any atom is 0.324 e. The smallest absolute Gasteiger partial charge is 0.324 e. The molecule has 2 fully saturated rings. The third-order valence-corrected chi connectivity index (χ3v) is 5.35. The number of carbonyl (C=O) groups is 2. The predicted molar refractivity (Wildman–Crippen MR) is 86.6 cm³/mol. The summed E-state index contributed by atoms with van der Waals surface area (Å²) in [6.07, 6.45) is 2.08. The summed E-state index contributed by atoms with van der Waals surface area (Å²) in [7, 11) is 0. The van der Waals surface area contributed by atoms with Crippen molar-refractivity contribution in [2.24, 2.45) is 5.92 Å². The second-order valence-electron chi connectivity index (χ2n) is 6.68. The van der Waals surface area contributed by atoms with Crippen molar-refractivity contribution in [3.8, 4) is 0 Å². The number of benzene rings is 1. The molecule has 0 amide bonds. The lowest BCUT2D eigenvalue weighted by Crippen LogP contribution is -2.48. The van der Waals surface area contributed by atoms with Gasteiger partial charge in [-0.25, -0.2) is 0 Å². The lowest BCUT2D eigenvalue weighted by molar-refractivity contribution is -0.148. The Morgan fingerprint density at radius 2 is 2.00 bits per heavy atom. The third kappa shape index (κ3) is 3.03. The molecule has 3 rings (SSSR count). The molecule has 6 heteroatoms. The summed E-state index contributed by atoms with van der Waals surface area (Å²) in [5, 5.41) is 19.2. The first kappa shape index (κ1) is 16.9. The van der Waals surface area contributed by atoms with Crippen LogP contribution in [0.4, 0.5) is 0 Å². The van der Waals surface area contributed by atoms with Crippen molar-refractivity contribution in [2.45, 2.75) is 43.9 Å². The first-order valence-corrected chi connectivity index (χ1v) is 8.39. The third-order valence-electron chi connectivity index (χ3n) is 5.35. The molecule has 2 aliphatic heterocycles. The average Bonchev–Trinajstić information content (AvgIpc) is 3.11. The topological polar surface area (TPSA) is 87.1 Å². The molecule has 0 aliphatic carbocycles. The van der Waals surface area contributed by atoms with Gasteiger partial charge in [-0.15, -0.1) is 0 Å². The zero-order valence-electron chi connectivity index (χ0n) is 13.6. The van der Waals surface area contributed by atoms with Crippen LogP contribution in [0.5, 0.6) is 0 Å². The average molecular weight is 333 g/mol. The van der Waals surface area contributed by atoms with E-state index in [0.29, 0.717) is 32.6 Å². The summed E-state index contributed by atoms with van der Waals surface area (Å²) < 4.78 is 5.68. The quantitative estimate of drug-likeness (QED) is 0.742. The summed E-state index contributed by atoms with van der Waals surface area (Å²) >= 11 is 0. The molecule has 0 bridgehead atoms. The van der Waals surface area contributed by atoms with Crippen molar-refractivity contribution in [3.05, 3.63) is 35.9 Å². The van der Waals surface area contributed by atoms with Crippen LogP contribution in [0.1, 0.15) is 31.2 Å². The predicted octanol–water partition coefficient (Wildman–Crippen LogP) is 1.99. The number of hydrogen-bond acceptors (Lipinski definition) is 4. The van der Waals surface area contributed by atoms with E-state index in [4.69, 9.17) is 4.74 Å². The summed E-state index contributed by atoms with van der Waals surface area (Å²) in [4.78, 5) is 25.3. The van der Waals surface area contributed by atoms with E-state index in [1.807, 2.05) is 35.2 Å². The van der Waals surface area contributed by atoms with Gasteiger partial charge in [0.15, 0.2) is 0 Å². The van der Waals surface area contributed by atoms with Crippen LogP contribution in [0.3, 0.4) is 0 Å². The van der Waals surface area contributed by atoms with E-state index in [2.05, 4.69) is 0 Å². The highest BCUT2D eigenvalue weighted by Gasteiger charge is 2.59. The van der Waals surface area contributed by atoms with E-state index in [0.717, 1.165) is 12.0 Å². The minimum absolute atomic E-state index is 0.195. The van der Waals surface area contributed by atoms with Crippen molar-refractivity contribution in [3.63, 3.8) is 0 Å². The molecule has 0 spiro atoms. The molecular weight excluding hydrogens is 310 g/mol. The first-order valence-electron chi connectivity index (χ1n) is 8.39. The fourth-order valence-corrected chi connectivity index (χ4v) is 4.21. The van der Waals surface area contributed by atoms with Crippen LogP contribution in [0, 0.1) is 5.92 Å². The van der Waals surface area contributed by atoms with Crippen molar-refractivity contribution in [1.82, 2.24) is 4.90 Å². The van der Waals surface area contributed by atoms with Crippen molar-refractivity contribution >= 4 is 11.9 Å². The highest BCUT2D eigenvalue weighted by molar-refractivity contribution is 5.83. The number of aliphatic carboxylic acids is 2. The van der Waals surface area contributed by atoms with Crippen LogP contribution >= 0.6 is 0 Å². The minimum atomic E-state index is -0.993. The van der Waals surface area contributed by atoms with Crippen LogP contribution in [-0.2, 0) is 20.9 Å². The van der Waals surface area contributed by atoms with E-state index in [1.54, 1.807) is 0 Å². The van der Waals surface area contributed by atoms with Crippen LogP contribution in [0.15, 0.2) is 30.3 Å².